The molecule has 0 bridgehead atoms. The number of carbonyl (C=O) groups excluding carboxylic acids is 2. The van der Waals surface area contributed by atoms with E-state index in [4.69, 9.17) is 21.1 Å². The minimum atomic E-state index is -4.85. The highest BCUT2D eigenvalue weighted by Crippen LogP contribution is 2.44. The van der Waals surface area contributed by atoms with Gasteiger partial charge in [0.05, 0.1) is 35.1 Å². The molecular formula is C35H35ClF3N5O5. The number of carbonyl (C=O) groups is 2. The van der Waals surface area contributed by atoms with E-state index in [0.29, 0.717) is 4.90 Å². The molecule has 258 valence electrons. The number of ether oxygens (including phenoxy) is 2. The number of alkyl carbamates (subject to hydrolysis) is 1. The van der Waals surface area contributed by atoms with Crippen LogP contribution in [0.2, 0.25) is 5.02 Å². The van der Waals surface area contributed by atoms with E-state index in [2.05, 4.69) is 10.3 Å². The van der Waals surface area contributed by atoms with Gasteiger partial charge in [-0.2, -0.15) is 13.2 Å². The van der Waals surface area contributed by atoms with Gasteiger partial charge in [0.1, 0.15) is 18.2 Å². The van der Waals surface area contributed by atoms with Crippen molar-refractivity contribution in [1.82, 2.24) is 19.9 Å². The first-order chi connectivity index (χ1) is 23.1. The van der Waals surface area contributed by atoms with Crippen molar-refractivity contribution in [2.75, 3.05) is 31.3 Å². The molecule has 2 aliphatic rings. The average molecular weight is 698 g/mol. The van der Waals surface area contributed by atoms with Crippen molar-refractivity contribution in [3.05, 3.63) is 99.1 Å². The summed E-state index contributed by atoms with van der Waals surface area (Å²) in [6, 6.07) is 17.1. The summed E-state index contributed by atoms with van der Waals surface area (Å²) < 4.78 is 55.3. The predicted molar refractivity (Wildman–Crippen MR) is 178 cm³/mol. The van der Waals surface area contributed by atoms with E-state index in [0.717, 1.165) is 26.9 Å². The summed E-state index contributed by atoms with van der Waals surface area (Å²) >= 11 is 6.38. The molecule has 0 saturated carbocycles. The van der Waals surface area contributed by atoms with Crippen molar-refractivity contribution < 1.29 is 32.2 Å². The molecule has 1 aliphatic carbocycles. The number of aromatic nitrogens is 2. The van der Waals surface area contributed by atoms with Crippen LogP contribution in [0.3, 0.4) is 0 Å². The smallest absolute Gasteiger partial charge is 0.410 e. The number of halogens is 4. The van der Waals surface area contributed by atoms with Gasteiger partial charge in [-0.05, 0) is 62.1 Å². The van der Waals surface area contributed by atoms with Crippen LogP contribution in [0.1, 0.15) is 56.6 Å². The Morgan fingerprint density at radius 2 is 1.61 bits per heavy atom. The van der Waals surface area contributed by atoms with E-state index < -0.39 is 54.7 Å². The lowest BCUT2D eigenvalue weighted by Gasteiger charge is -2.43. The SMILES string of the molecule is C[C@H](NC(=O)OCC1c2ccccc2-c2ccccc21)c1nc2cccc(Cl)c2c(=O)n1N1CCN(C(=O)OC(C)(C)C)C(C(F)(F)F)C1. The fourth-order valence-electron chi connectivity index (χ4n) is 6.40. The second-order valence-corrected chi connectivity index (χ2v) is 13.5. The molecule has 49 heavy (non-hydrogen) atoms. The van der Waals surface area contributed by atoms with E-state index in [1.807, 2.05) is 48.5 Å². The van der Waals surface area contributed by atoms with Gasteiger partial charge in [0, 0.05) is 12.5 Å². The van der Waals surface area contributed by atoms with Crippen LogP contribution in [0.25, 0.3) is 22.0 Å². The van der Waals surface area contributed by atoms with E-state index in [1.165, 1.54) is 11.1 Å². The van der Waals surface area contributed by atoms with Crippen molar-refractivity contribution in [1.29, 1.82) is 0 Å². The molecule has 10 nitrogen and oxygen atoms in total. The Balaban J connectivity index is 1.28. The summed E-state index contributed by atoms with van der Waals surface area (Å²) in [6.07, 6.45) is -6.77. The lowest BCUT2D eigenvalue weighted by Crippen LogP contribution is -2.65. The normalized spacial score (nSPS) is 17.0. The number of benzene rings is 3. The van der Waals surface area contributed by atoms with Gasteiger partial charge in [-0.25, -0.2) is 19.2 Å². The first kappa shape index (κ1) is 34.1. The van der Waals surface area contributed by atoms with Crippen molar-refractivity contribution in [3.8, 4) is 11.1 Å². The maximum atomic E-state index is 14.4. The third-order valence-corrected chi connectivity index (χ3v) is 8.88. The van der Waals surface area contributed by atoms with Crippen molar-refractivity contribution in [3.63, 3.8) is 0 Å². The number of piperazine rings is 1. The molecule has 2 amide bonds. The number of nitrogens with one attached hydrogen (secondary N) is 1. The Kier molecular flexibility index (Phi) is 8.99. The Morgan fingerprint density at radius 1 is 0.980 bits per heavy atom. The monoisotopic (exact) mass is 697 g/mol. The lowest BCUT2D eigenvalue weighted by molar-refractivity contribution is -0.182. The molecule has 1 unspecified atom stereocenters. The van der Waals surface area contributed by atoms with Crippen LogP contribution in [0.5, 0.6) is 0 Å². The second kappa shape index (κ2) is 12.9. The average Bonchev–Trinajstić information content (AvgIpc) is 3.35. The molecular weight excluding hydrogens is 663 g/mol. The molecule has 1 fully saturated rings. The van der Waals surface area contributed by atoms with Crippen LogP contribution >= 0.6 is 11.6 Å². The molecule has 0 radical (unpaired) electrons. The van der Waals surface area contributed by atoms with Crippen LogP contribution in [0.4, 0.5) is 22.8 Å². The minimum Gasteiger partial charge on any atom is -0.449 e. The molecule has 2 atom stereocenters. The highest BCUT2D eigenvalue weighted by atomic mass is 35.5. The summed E-state index contributed by atoms with van der Waals surface area (Å²) in [7, 11) is 0. The zero-order chi connectivity index (χ0) is 35.2. The minimum absolute atomic E-state index is 0.000567. The third-order valence-electron chi connectivity index (χ3n) is 8.56. The summed E-state index contributed by atoms with van der Waals surface area (Å²) in [6.45, 7) is 4.88. The van der Waals surface area contributed by atoms with Crippen LogP contribution in [0.15, 0.2) is 71.5 Å². The number of fused-ring (bicyclic) bond motifs is 4. The number of nitrogens with zero attached hydrogens (tertiary/aromatic N) is 4. The molecule has 2 heterocycles. The van der Waals surface area contributed by atoms with Crippen LogP contribution < -0.4 is 15.9 Å². The zero-order valence-corrected chi connectivity index (χ0v) is 28.0. The maximum Gasteiger partial charge on any atom is 0.410 e. The van der Waals surface area contributed by atoms with Gasteiger partial charge >= 0.3 is 18.4 Å². The number of amides is 2. The van der Waals surface area contributed by atoms with E-state index in [-0.39, 0.29) is 40.8 Å². The standard InChI is InChI=1S/C35H35ClF3N5O5/c1-20(40-32(46)48-19-25-23-12-7-5-10-21(23)22-11-6-8-13-24(22)25)30-41-27-15-9-14-26(36)29(27)31(45)44(30)42-16-17-43(28(18-42)35(37,38)39)33(47)49-34(2,3)4/h5-15,20,25,28H,16-19H2,1-4H3,(H,40,46)/t20-,28?/m0/s1. The molecule has 3 aromatic carbocycles. The number of hydrogen-bond donors (Lipinski definition) is 1. The third kappa shape index (κ3) is 6.76. The van der Waals surface area contributed by atoms with Crippen molar-refractivity contribution in [2.45, 2.75) is 57.5 Å². The van der Waals surface area contributed by atoms with Gasteiger partial charge < -0.3 is 19.8 Å². The molecule has 1 N–H and O–H groups in total. The fourth-order valence-corrected chi connectivity index (χ4v) is 6.65. The molecule has 1 saturated heterocycles. The quantitative estimate of drug-likeness (QED) is 0.245. The molecule has 4 aromatic rings. The topological polar surface area (TPSA) is 106 Å². The van der Waals surface area contributed by atoms with E-state index in [9.17, 15) is 27.6 Å². The largest absolute Gasteiger partial charge is 0.449 e. The van der Waals surface area contributed by atoms with Crippen LogP contribution in [0, 0.1) is 0 Å². The Morgan fingerprint density at radius 3 is 2.22 bits per heavy atom. The summed E-state index contributed by atoms with van der Waals surface area (Å²) in [5, 5.41) is 3.93. The molecule has 1 aliphatic heterocycles. The number of alkyl halides is 3. The Bertz CT molecular complexity index is 1930. The molecule has 1 aromatic heterocycles. The zero-order valence-electron chi connectivity index (χ0n) is 27.3. The van der Waals surface area contributed by atoms with E-state index in [1.54, 1.807) is 39.8 Å². The van der Waals surface area contributed by atoms with Gasteiger partial charge in [0.2, 0.25) is 0 Å². The lowest BCUT2D eigenvalue weighted by atomic mass is 9.98. The highest BCUT2D eigenvalue weighted by molar-refractivity contribution is 6.35. The predicted octanol–water partition coefficient (Wildman–Crippen LogP) is 6.77. The van der Waals surface area contributed by atoms with Crippen molar-refractivity contribution >= 4 is 34.7 Å². The Hall–Kier alpha value is -4.78. The summed E-state index contributed by atoms with van der Waals surface area (Å²) in [5.41, 5.74) is 2.63. The molecule has 14 heteroatoms. The first-order valence-corrected chi connectivity index (χ1v) is 16.2. The number of rotatable bonds is 5. The van der Waals surface area contributed by atoms with Gasteiger partial charge in [0.25, 0.3) is 5.56 Å². The van der Waals surface area contributed by atoms with Gasteiger partial charge in [-0.1, -0.05) is 66.2 Å². The van der Waals surface area contributed by atoms with Crippen molar-refractivity contribution in [2.24, 2.45) is 0 Å². The van der Waals surface area contributed by atoms with Crippen LogP contribution in [-0.2, 0) is 9.47 Å². The summed E-state index contributed by atoms with van der Waals surface area (Å²) in [4.78, 5) is 45.3. The van der Waals surface area contributed by atoms with Gasteiger partial charge in [0.15, 0.2) is 5.82 Å². The second-order valence-electron chi connectivity index (χ2n) is 13.1. The van der Waals surface area contributed by atoms with Gasteiger partial charge in [-0.15, -0.1) is 0 Å². The highest BCUT2D eigenvalue weighted by Gasteiger charge is 2.50. The van der Waals surface area contributed by atoms with E-state index >= 15 is 0 Å². The van der Waals surface area contributed by atoms with Crippen LogP contribution in [-0.4, -0.2) is 70.8 Å². The number of hydrogen-bond acceptors (Lipinski definition) is 7. The fraction of sp³-hybridized carbons (Fsp3) is 0.371. The molecule has 0 spiro atoms. The molecule has 6 rings (SSSR count). The Labute approximate surface area is 285 Å². The summed E-state index contributed by atoms with van der Waals surface area (Å²) in [5.74, 6) is -0.243. The van der Waals surface area contributed by atoms with Gasteiger partial charge in [-0.3, -0.25) is 9.69 Å². The maximum absolute atomic E-state index is 14.4. The first-order valence-electron chi connectivity index (χ1n) is 15.8.